The molecule has 4 aromatic rings. The van der Waals surface area contributed by atoms with Crippen molar-refractivity contribution < 1.29 is 8.81 Å². The molecule has 4 rings (SSSR count). The van der Waals surface area contributed by atoms with Gasteiger partial charge in [0.25, 0.3) is 0 Å². The van der Waals surface area contributed by atoms with E-state index in [1.165, 1.54) is 17.2 Å². The number of halogens is 1. The van der Waals surface area contributed by atoms with E-state index in [1.54, 1.807) is 6.07 Å². The summed E-state index contributed by atoms with van der Waals surface area (Å²) in [5.41, 5.74) is 5.42. The molecular weight excluding hydrogens is 327 g/mol. The van der Waals surface area contributed by atoms with Gasteiger partial charge in [-0.2, -0.15) is 9.37 Å². The number of fused-ring (bicyclic) bond motifs is 3. The first-order valence-corrected chi connectivity index (χ1v) is 8.75. The second kappa shape index (κ2) is 5.90. The molecule has 0 unspecified atom stereocenters. The molecule has 3 aromatic heterocycles. The van der Waals surface area contributed by atoms with Gasteiger partial charge in [0.1, 0.15) is 5.58 Å². The third-order valence-corrected chi connectivity index (χ3v) is 4.54. The van der Waals surface area contributed by atoms with Crippen molar-refractivity contribution in [2.75, 3.05) is 0 Å². The number of furan rings is 1. The van der Waals surface area contributed by atoms with Crippen molar-refractivity contribution in [3.8, 4) is 11.3 Å². The monoisotopic (exact) mass is 348 g/mol. The van der Waals surface area contributed by atoms with Crippen molar-refractivity contribution in [2.24, 2.45) is 5.41 Å². The normalized spacial score (nSPS) is 12.2. The SMILES string of the molecule is Cc1cnc(-c2cccc3c2oc2nc(F)ccc23)cc1CC(C)(C)C. The standard InChI is InChI=1S/C22H21FN2O/c1-13-12-24-18(10-14(13)11-22(2,3)4)17-7-5-6-15-16-8-9-19(23)25-21(16)26-20(15)17/h5-10,12H,11H2,1-4H3. The van der Waals surface area contributed by atoms with E-state index in [0.717, 1.165) is 28.5 Å². The van der Waals surface area contributed by atoms with Gasteiger partial charge < -0.3 is 4.42 Å². The van der Waals surface area contributed by atoms with Crippen LogP contribution in [0.5, 0.6) is 0 Å². The maximum atomic E-state index is 13.5. The van der Waals surface area contributed by atoms with Gasteiger partial charge in [0.05, 0.1) is 5.69 Å². The van der Waals surface area contributed by atoms with Gasteiger partial charge in [0, 0.05) is 22.5 Å². The average Bonchev–Trinajstić information content (AvgIpc) is 2.93. The predicted molar refractivity (Wildman–Crippen MR) is 103 cm³/mol. The number of nitrogens with zero attached hydrogens (tertiary/aromatic N) is 2. The molecule has 0 saturated carbocycles. The molecule has 0 saturated heterocycles. The van der Waals surface area contributed by atoms with E-state index in [4.69, 9.17) is 4.42 Å². The summed E-state index contributed by atoms with van der Waals surface area (Å²) in [5, 5.41) is 1.73. The summed E-state index contributed by atoms with van der Waals surface area (Å²) in [4.78, 5) is 8.50. The van der Waals surface area contributed by atoms with Crippen LogP contribution in [0.25, 0.3) is 33.3 Å². The zero-order valence-corrected chi connectivity index (χ0v) is 15.4. The molecule has 4 heteroatoms. The molecule has 0 aliphatic rings. The summed E-state index contributed by atoms with van der Waals surface area (Å²) in [6.07, 6.45) is 2.88. The Morgan fingerprint density at radius 1 is 1.08 bits per heavy atom. The first-order chi connectivity index (χ1) is 12.3. The van der Waals surface area contributed by atoms with Gasteiger partial charge in [-0.05, 0) is 54.2 Å². The minimum atomic E-state index is -0.543. The van der Waals surface area contributed by atoms with Gasteiger partial charge in [-0.15, -0.1) is 0 Å². The summed E-state index contributed by atoms with van der Waals surface area (Å²) in [6, 6.07) is 11.1. The lowest BCUT2D eigenvalue weighted by Crippen LogP contribution is -2.10. The Balaban J connectivity index is 1.92. The fraction of sp³-hybridized carbons (Fsp3) is 0.273. The highest BCUT2D eigenvalue weighted by atomic mass is 19.1. The van der Waals surface area contributed by atoms with Gasteiger partial charge in [-0.25, -0.2) is 0 Å². The van der Waals surface area contributed by atoms with Crippen LogP contribution in [0.1, 0.15) is 31.9 Å². The zero-order valence-electron chi connectivity index (χ0n) is 15.4. The molecule has 0 N–H and O–H groups in total. The van der Waals surface area contributed by atoms with E-state index in [-0.39, 0.29) is 5.41 Å². The highest BCUT2D eigenvalue weighted by molar-refractivity contribution is 6.08. The lowest BCUT2D eigenvalue weighted by atomic mass is 9.86. The fourth-order valence-electron chi connectivity index (χ4n) is 3.33. The van der Waals surface area contributed by atoms with Crippen LogP contribution in [0, 0.1) is 18.3 Å². The van der Waals surface area contributed by atoms with E-state index < -0.39 is 5.95 Å². The number of hydrogen-bond donors (Lipinski definition) is 0. The minimum Gasteiger partial charge on any atom is -0.437 e. The number of pyridine rings is 2. The van der Waals surface area contributed by atoms with Crippen LogP contribution in [0.3, 0.4) is 0 Å². The van der Waals surface area contributed by atoms with Crippen molar-refractivity contribution in [1.82, 2.24) is 9.97 Å². The molecule has 0 atom stereocenters. The molecule has 1 aromatic carbocycles. The Kier molecular flexibility index (Phi) is 3.79. The number of para-hydroxylation sites is 1. The second-order valence-corrected chi connectivity index (χ2v) is 8.00. The molecule has 0 fully saturated rings. The van der Waals surface area contributed by atoms with Crippen LogP contribution in [-0.4, -0.2) is 9.97 Å². The molecule has 0 radical (unpaired) electrons. The molecule has 26 heavy (non-hydrogen) atoms. The third-order valence-electron chi connectivity index (χ3n) is 4.54. The van der Waals surface area contributed by atoms with E-state index in [2.05, 4.69) is 43.7 Å². The highest BCUT2D eigenvalue weighted by Crippen LogP contribution is 2.35. The molecule has 0 spiro atoms. The van der Waals surface area contributed by atoms with E-state index in [1.807, 2.05) is 24.4 Å². The number of hydrogen-bond acceptors (Lipinski definition) is 3. The van der Waals surface area contributed by atoms with E-state index in [9.17, 15) is 4.39 Å². The number of benzene rings is 1. The first kappa shape index (κ1) is 16.7. The van der Waals surface area contributed by atoms with E-state index in [0.29, 0.717) is 11.3 Å². The highest BCUT2D eigenvalue weighted by Gasteiger charge is 2.17. The molecule has 0 aliphatic carbocycles. The first-order valence-electron chi connectivity index (χ1n) is 8.75. The lowest BCUT2D eigenvalue weighted by Gasteiger charge is -2.20. The number of rotatable bonds is 2. The molecule has 3 nitrogen and oxygen atoms in total. The van der Waals surface area contributed by atoms with Gasteiger partial charge in [0.15, 0.2) is 0 Å². The smallest absolute Gasteiger partial charge is 0.229 e. The molecule has 0 aliphatic heterocycles. The lowest BCUT2D eigenvalue weighted by molar-refractivity contribution is 0.410. The Bertz CT molecular complexity index is 1120. The largest absolute Gasteiger partial charge is 0.437 e. The van der Waals surface area contributed by atoms with Gasteiger partial charge in [-0.3, -0.25) is 4.98 Å². The zero-order chi connectivity index (χ0) is 18.5. The Morgan fingerprint density at radius 3 is 2.65 bits per heavy atom. The molecule has 132 valence electrons. The van der Waals surface area contributed by atoms with Crippen molar-refractivity contribution in [3.63, 3.8) is 0 Å². The van der Waals surface area contributed by atoms with Gasteiger partial charge >= 0.3 is 0 Å². The average molecular weight is 348 g/mol. The van der Waals surface area contributed by atoms with Gasteiger partial charge in [-0.1, -0.05) is 32.9 Å². The summed E-state index contributed by atoms with van der Waals surface area (Å²) >= 11 is 0. The van der Waals surface area contributed by atoms with Crippen LogP contribution in [-0.2, 0) is 6.42 Å². The van der Waals surface area contributed by atoms with Gasteiger partial charge in [0.2, 0.25) is 11.7 Å². The molecule has 0 bridgehead atoms. The molecule has 0 amide bonds. The van der Waals surface area contributed by atoms with Crippen molar-refractivity contribution in [1.29, 1.82) is 0 Å². The quantitative estimate of drug-likeness (QED) is 0.412. The summed E-state index contributed by atoms with van der Waals surface area (Å²) < 4.78 is 19.4. The number of aromatic nitrogens is 2. The predicted octanol–water partition coefficient (Wildman–Crippen LogP) is 6.08. The second-order valence-electron chi connectivity index (χ2n) is 8.00. The topological polar surface area (TPSA) is 38.9 Å². The summed E-state index contributed by atoms with van der Waals surface area (Å²) in [6.45, 7) is 8.78. The fourth-order valence-corrected chi connectivity index (χ4v) is 3.33. The maximum Gasteiger partial charge on any atom is 0.229 e. The third kappa shape index (κ3) is 2.96. The Morgan fingerprint density at radius 2 is 1.88 bits per heavy atom. The van der Waals surface area contributed by atoms with E-state index >= 15 is 0 Å². The van der Waals surface area contributed by atoms with Crippen molar-refractivity contribution >= 4 is 22.1 Å². The van der Waals surface area contributed by atoms with Crippen LogP contribution in [0.4, 0.5) is 4.39 Å². The van der Waals surface area contributed by atoms with Crippen LogP contribution < -0.4 is 0 Å². The van der Waals surface area contributed by atoms with Crippen molar-refractivity contribution in [2.45, 2.75) is 34.1 Å². The van der Waals surface area contributed by atoms with Crippen LogP contribution in [0.15, 0.2) is 47.0 Å². The minimum absolute atomic E-state index is 0.191. The Labute approximate surface area is 151 Å². The number of aryl methyl sites for hydroxylation is 1. The molecule has 3 heterocycles. The maximum absolute atomic E-state index is 13.5. The Hall–Kier alpha value is -2.75. The van der Waals surface area contributed by atoms with Crippen LogP contribution in [0.2, 0.25) is 0 Å². The molecular formula is C22H21FN2O. The van der Waals surface area contributed by atoms with Crippen LogP contribution >= 0.6 is 0 Å². The summed E-state index contributed by atoms with van der Waals surface area (Å²) in [7, 11) is 0. The van der Waals surface area contributed by atoms with Crippen molar-refractivity contribution in [3.05, 3.63) is 59.7 Å². The summed E-state index contributed by atoms with van der Waals surface area (Å²) in [5.74, 6) is -0.543.